The lowest BCUT2D eigenvalue weighted by Gasteiger charge is -2.08. The average Bonchev–Trinajstić information content (AvgIpc) is 2.28. The van der Waals surface area contributed by atoms with E-state index in [1.54, 1.807) is 18.9 Å². The molecule has 0 saturated heterocycles. The van der Waals surface area contributed by atoms with Gasteiger partial charge in [0.1, 0.15) is 0 Å². The van der Waals surface area contributed by atoms with E-state index in [0.29, 0.717) is 11.8 Å². The number of hydrogen-bond donors (Lipinski definition) is 1. The standard InChI is InChI=1S/C13H20N2OS/c1-10-6-4-5-7-12(10)9-17-13(14)15-11(2)8-16-3/h4-7,11H,8-9H2,1-3H3,(H2,14,15)/t11-/m0/s1. The first-order valence-corrected chi connectivity index (χ1v) is 6.61. The van der Waals surface area contributed by atoms with E-state index in [1.807, 2.05) is 19.1 Å². The molecule has 0 heterocycles. The summed E-state index contributed by atoms with van der Waals surface area (Å²) in [6.45, 7) is 4.70. The van der Waals surface area contributed by atoms with Gasteiger partial charge >= 0.3 is 0 Å². The smallest absolute Gasteiger partial charge is 0.154 e. The SMILES string of the molecule is COC[C@H](C)N=C(N)SCc1ccccc1C. The molecule has 17 heavy (non-hydrogen) atoms. The minimum Gasteiger partial charge on any atom is -0.382 e. The van der Waals surface area contributed by atoms with Crippen LogP contribution in [-0.4, -0.2) is 24.9 Å². The van der Waals surface area contributed by atoms with Crippen LogP contribution in [0.15, 0.2) is 29.3 Å². The molecule has 0 aliphatic carbocycles. The number of hydrogen-bond acceptors (Lipinski definition) is 3. The van der Waals surface area contributed by atoms with E-state index in [1.165, 1.54) is 11.1 Å². The second-order valence-corrected chi connectivity index (χ2v) is 4.98. The molecule has 0 fully saturated rings. The number of amidine groups is 1. The highest BCUT2D eigenvalue weighted by Crippen LogP contribution is 2.16. The molecule has 94 valence electrons. The van der Waals surface area contributed by atoms with Crippen LogP contribution >= 0.6 is 11.8 Å². The molecule has 0 aromatic heterocycles. The van der Waals surface area contributed by atoms with Gasteiger partial charge in [-0.2, -0.15) is 0 Å². The van der Waals surface area contributed by atoms with E-state index in [2.05, 4.69) is 24.0 Å². The van der Waals surface area contributed by atoms with Gasteiger partial charge in [-0.1, -0.05) is 36.0 Å². The lowest BCUT2D eigenvalue weighted by atomic mass is 10.1. The molecule has 1 aromatic carbocycles. The van der Waals surface area contributed by atoms with Crippen LogP contribution in [0.3, 0.4) is 0 Å². The monoisotopic (exact) mass is 252 g/mol. The van der Waals surface area contributed by atoms with E-state index in [9.17, 15) is 0 Å². The Balaban J connectivity index is 2.48. The number of ether oxygens (including phenoxy) is 1. The van der Waals surface area contributed by atoms with Crippen molar-refractivity contribution in [2.75, 3.05) is 13.7 Å². The molecular formula is C13H20N2OS. The van der Waals surface area contributed by atoms with Gasteiger partial charge in [-0.15, -0.1) is 0 Å². The molecule has 0 amide bonds. The molecule has 0 bridgehead atoms. The third-order valence-electron chi connectivity index (χ3n) is 2.39. The van der Waals surface area contributed by atoms with Crippen LogP contribution in [0.4, 0.5) is 0 Å². The van der Waals surface area contributed by atoms with Gasteiger partial charge in [0, 0.05) is 12.9 Å². The third-order valence-corrected chi connectivity index (χ3v) is 3.25. The molecule has 0 radical (unpaired) electrons. The van der Waals surface area contributed by atoms with Crippen LogP contribution < -0.4 is 5.73 Å². The molecule has 1 rings (SSSR count). The predicted octanol–water partition coefficient (Wildman–Crippen LogP) is 2.58. The molecule has 4 heteroatoms. The van der Waals surface area contributed by atoms with Crippen LogP contribution in [0.2, 0.25) is 0 Å². The molecule has 1 atom stereocenters. The summed E-state index contributed by atoms with van der Waals surface area (Å²) in [7, 11) is 1.67. The summed E-state index contributed by atoms with van der Waals surface area (Å²) in [6, 6.07) is 8.43. The maximum absolute atomic E-state index is 5.86. The molecule has 3 nitrogen and oxygen atoms in total. The predicted molar refractivity (Wildman–Crippen MR) is 75.4 cm³/mol. The number of methoxy groups -OCH3 is 1. The van der Waals surface area contributed by atoms with Gasteiger partial charge in [-0.05, 0) is 25.0 Å². The van der Waals surface area contributed by atoms with Gasteiger partial charge in [-0.3, -0.25) is 4.99 Å². The Morgan fingerprint density at radius 2 is 2.18 bits per heavy atom. The van der Waals surface area contributed by atoms with Crippen LogP contribution in [0, 0.1) is 6.92 Å². The summed E-state index contributed by atoms with van der Waals surface area (Å²) in [5, 5.41) is 0.623. The van der Waals surface area contributed by atoms with E-state index in [-0.39, 0.29) is 6.04 Å². The zero-order valence-corrected chi connectivity index (χ0v) is 11.5. The first kappa shape index (κ1) is 14.1. The molecule has 1 aromatic rings. The number of nitrogens with zero attached hydrogens (tertiary/aromatic N) is 1. The van der Waals surface area contributed by atoms with E-state index < -0.39 is 0 Å². The molecule has 2 N–H and O–H groups in total. The Morgan fingerprint density at radius 3 is 2.82 bits per heavy atom. The van der Waals surface area contributed by atoms with Crippen molar-refractivity contribution < 1.29 is 4.74 Å². The summed E-state index contributed by atoms with van der Waals surface area (Å²) in [4.78, 5) is 4.34. The van der Waals surface area contributed by atoms with E-state index in [0.717, 1.165) is 5.75 Å². The van der Waals surface area contributed by atoms with Crippen molar-refractivity contribution in [2.45, 2.75) is 25.6 Å². The van der Waals surface area contributed by atoms with Crippen LogP contribution in [-0.2, 0) is 10.5 Å². The van der Waals surface area contributed by atoms with Crippen molar-refractivity contribution in [1.29, 1.82) is 0 Å². The quantitative estimate of drug-likeness (QED) is 0.647. The van der Waals surface area contributed by atoms with E-state index in [4.69, 9.17) is 10.5 Å². The zero-order chi connectivity index (χ0) is 12.7. The number of thioether (sulfide) groups is 1. The number of nitrogens with two attached hydrogens (primary N) is 1. The van der Waals surface area contributed by atoms with Crippen LogP contribution in [0.25, 0.3) is 0 Å². The van der Waals surface area contributed by atoms with Gasteiger partial charge < -0.3 is 10.5 Å². The summed E-state index contributed by atoms with van der Waals surface area (Å²) < 4.78 is 5.01. The van der Waals surface area contributed by atoms with Gasteiger partial charge in [0.15, 0.2) is 5.17 Å². The third kappa shape index (κ3) is 5.24. The number of aryl methyl sites for hydroxylation is 1. The fourth-order valence-corrected chi connectivity index (χ4v) is 2.34. The highest BCUT2D eigenvalue weighted by molar-refractivity contribution is 8.13. The zero-order valence-electron chi connectivity index (χ0n) is 10.6. The van der Waals surface area contributed by atoms with Crippen molar-refractivity contribution in [3.63, 3.8) is 0 Å². The minimum absolute atomic E-state index is 0.115. The molecule has 0 unspecified atom stereocenters. The number of rotatable bonds is 5. The largest absolute Gasteiger partial charge is 0.382 e. The van der Waals surface area contributed by atoms with Crippen molar-refractivity contribution >= 4 is 16.9 Å². The highest BCUT2D eigenvalue weighted by Gasteiger charge is 2.02. The van der Waals surface area contributed by atoms with Crippen LogP contribution in [0.1, 0.15) is 18.1 Å². The maximum atomic E-state index is 5.86. The topological polar surface area (TPSA) is 47.6 Å². The van der Waals surface area contributed by atoms with E-state index >= 15 is 0 Å². The Labute approximate surface area is 107 Å². The lowest BCUT2D eigenvalue weighted by Crippen LogP contribution is -2.15. The van der Waals surface area contributed by atoms with Crippen molar-refractivity contribution in [2.24, 2.45) is 10.7 Å². The van der Waals surface area contributed by atoms with Gasteiger partial charge in [-0.25, -0.2) is 0 Å². The molecular weight excluding hydrogens is 232 g/mol. The number of benzene rings is 1. The Hall–Kier alpha value is -1.00. The average molecular weight is 252 g/mol. The van der Waals surface area contributed by atoms with Gasteiger partial charge in [0.05, 0.1) is 12.6 Å². The normalized spacial score (nSPS) is 13.7. The van der Waals surface area contributed by atoms with Crippen molar-refractivity contribution in [1.82, 2.24) is 0 Å². The van der Waals surface area contributed by atoms with Gasteiger partial charge in [0.2, 0.25) is 0 Å². The second-order valence-electron chi connectivity index (χ2n) is 3.99. The molecule has 0 spiro atoms. The molecule has 0 aliphatic rings. The Bertz CT molecular complexity index is 379. The maximum Gasteiger partial charge on any atom is 0.154 e. The van der Waals surface area contributed by atoms with Crippen LogP contribution in [0.5, 0.6) is 0 Å². The molecule has 0 aliphatic heterocycles. The lowest BCUT2D eigenvalue weighted by molar-refractivity contribution is 0.186. The fourth-order valence-electron chi connectivity index (χ4n) is 1.46. The summed E-state index contributed by atoms with van der Waals surface area (Å²) >= 11 is 1.57. The molecule has 0 saturated carbocycles. The van der Waals surface area contributed by atoms with Crippen molar-refractivity contribution in [3.8, 4) is 0 Å². The highest BCUT2D eigenvalue weighted by atomic mass is 32.2. The minimum atomic E-state index is 0.115. The summed E-state index contributed by atoms with van der Waals surface area (Å²) in [5.74, 6) is 0.863. The number of aliphatic imine (C=N–C) groups is 1. The summed E-state index contributed by atoms with van der Waals surface area (Å²) in [6.07, 6.45) is 0. The van der Waals surface area contributed by atoms with Gasteiger partial charge in [0.25, 0.3) is 0 Å². The first-order valence-electron chi connectivity index (χ1n) is 5.63. The first-order chi connectivity index (χ1) is 8.13. The Kier molecular flexibility index (Phi) is 6.08. The second kappa shape index (κ2) is 7.35. The summed E-state index contributed by atoms with van der Waals surface area (Å²) in [5.41, 5.74) is 8.45. The van der Waals surface area contributed by atoms with Crippen molar-refractivity contribution in [3.05, 3.63) is 35.4 Å². The Morgan fingerprint density at radius 1 is 1.47 bits per heavy atom. The fraction of sp³-hybridized carbons (Fsp3) is 0.462.